The van der Waals surface area contributed by atoms with E-state index in [1.807, 2.05) is 79.1 Å². The summed E-state index contributed by atoms with van der Waals surface area (Å²) < 4.78 is 1.92. The molecule has 0 bridgehead atoms. The number of benzene rings is 3. The van der Waals surface area contributed by atoms with Gasteiger partial charge in [-0.2, -0.15) is 0 Å². The number of aromatic nitrogens is 2. The van der Waals surface area contributed by atoms with Crippen LogP contribution in [0.1, 0.15) is 29.2 Å². The molecule has 1 aromatic heterocycles. The summed E-state index contributed by atoms with van der Waals surface area (Å²) >= 11 is 0. The minimum absolute atomic E-state index is 0.0569. The van der Waals surface area contributed by atoms with E-state index in [0.29, 0.717) is 12.5 Å². The van der Waals surface area contributed by atoms with Crippen LogP contribution < -0.4 is 10.2 Å². The Bertz CT molecular complexity index is 1340. The van der Waals surface area contributed by atoms with Gasteiger partial charge in [0.2, 0.25) is 11.9 Å². The fraction of sp³-hybridized carbons (Fsp3) is 0.222. The predicted octanol–water partition coefficient (Wildman–Crippen LogP) is 4.81. The summed E-state index contributed by atoms with van der Waals surface area (Å²) in [5, 5.41) is 2.99. The number of imidazole rings is 1. The van der Waals surface area contributed by atoms with E-state index in [1.54, 1.807) is 4.90 Å². The number of nitrogens with zero attached hydrogens (tertiary/aromatic N) is 3. The second-order valence-electron chi connectivity index (χ2n) is 8.58. The molecule has 1 atom stereocenters. The molecule has 6 nitrogen and oxygen atoms in total. The molecule has 1 unspecified atom stereocenters. The highest BCUT2D eigenvalue weighted by atomic mass is 16.2. The lowest BCUT2D eigenvalue weighted by molar-refractivity contribution is -0.124. The average molecular weight is 439 g/mol. The molecule has 1 aliphatic heterocycles. The Labute approximate surface area is 192 Å². The van der Waals surface area contributed by atoms with Crippen LogP contribution in [0.2, 0.25) is 0 Å². The third-order valence-corrected chi connectivity index (χ3v) is 6.18. The fourth-order valence-corrected chi connectivity index (χ4v) is 4.52. The first-order chi connectivity index (χ1) is 16.0. The Morgan fingerprint density at radius 2 is 1.76 bits per heavy atom. The molecule has 2 heterocycles. The number of anilines is 2. The largest absolute Gasteiger partial charge is 0.326 e. The van der Waals surface area contributed by atoms with Gasteiger partial charge in [-0.3, -0.25) is 19.1 Å². The second kappa shape index (κ2) is 8.54. The van der Waals surface area contributed by atoms with Gasteiger partial charge in [-0.25, -0.2) is 4.98 Å². The summed E-state index contributed by atoms with van der Waals surface area (Å²) in [4.78, 5) is 32.9. The van der Waals surface area contributed by atoms with Crippen molar-refractivity contribution in [2.24, 2.45) is 0 Å². The van der Waals surface area contributed by atoms with E-state index >= 15 is 0 Å². The smallest absolute Gasteiger partial charge is 0.253 e. The Kier molecular flexibility index (Phi) is 5.42. The highest BCUT2D eigenvalue weighted by molar-refractivity contribution is 6.05. The summed E-state index contributed by atoms with van der Waals surface area (Å²) in [7, 11) is 0. The molecule has 166 valence electrons. The van der Waals surface area contributed by atoms with E-state index in [9.17, 15) is 9.59 Å². The van der Waals surface area contributed by atoms with Gasteiger partial charge in [-0.05, 0) is 49.6 Å². The van der Waals surface area contributed by atoms with Crippen molar-refractivity contribution in [2.75, 3.05) is 16.8 Å². The number of carbonyl (C=O) groups excluding carboxylic acids is 2. The highest BCUT2D eigenvalue weighted by Gasteiger charge is 2.40. The van der Waals surface area contributed by atoms with Gasteiger partial charge in [0.1, 0.15) is 6.04 Å². The van der Waals surface area contributed by atoms with Crippen LogP contribution in [0.15, 0.2) is 72.8 Å². The van der Waals surface area contributed by atoms with E-state index < -0.39 is 6.04 Å². The van der Waals surface area contributed by atoms with Crippen molar-refractivity contribution in [1.29, 1.82) is 0 Å². The summed E-state index contributed by atoms with van der Waals surface area (Å²) in [6, 6.07) is 23.1. The molecule has 0 saturated heterocycles. The topological polar surface area (TPSA) is 67.2 Å². The third-order valence-electron chi connectivity index (χ3n) is 6.18. The van der Waals surface area contributed by atoms with Gasteiger partial charge in [0.05, 0.1) is 17.5 Å². The SMILES string of the molecule is Cc1ccc(NC(=O)CC2C(=O)N(CCc3ccccc3)c3nc4ccccc4n32)c(C)c1. The molecule has 4 aromatic rings. The molecule has 0 saturated carbocycles. The van der Waals surface area contributed by atoms with Crippen LogP contribution in [0.5, 0.6) is 0 Å². The molecule has 0 fully saturated rings. The number of carbonyl (C=O) groups is 2. The zero-order chi connectivity index (χ0) is 22.9. The van der Waals surface area contributed by atoms with Crippen LogP contribution in [-0.4, -0.2) is 27.9 Å². The molecular weight excluding hydrogens is 412 g/mol. The minimum atomic E-state index is -0.617. The lowest BCUT2D eigenvalue weighted by atomic mass is 10.1. The predicted molar refractivity (Wildman–Crippen MR) is 130 cm³/mol. The van der Waals surface area contributed by atoms with Gasteiger partial charge < -0.3 is 5.32 Å². The number of para-hydroxylation sites is 2. The Hall–Kier alpha value is -3.93. The van der Waals surface area contributed by atoms with Crippen LogP contribution in [0.3, 0.4) is 0 Å². The quantitative estimate of drug-likeness (QED) is 0.470. The average Bonchev–Trinajstić information content (AvgIpc) is 3.30. The molecule has 33 heavy (non-hydrogen) atoms. The van der Waals surface area contributed by atoms with Gasteiger partial charge in [-0.1, -0.05) is 60.2 Å². The highest BCUT2D eigenvalue weighted by Crippen LogP contribution is 2.36. The summed E-state index contributed by atoms with van der Waals surface area (Å²) in [5.41, 5.74) is 5.76. The summed E-state index contributed by atoms with van der Waals surface area (Å²) in [6.45, 7) is 4.50. The monoisotopic (exact) mass is 438 g/mol. The Morgan fingerprint density at radius 3 is 2.55 bits per heavy atom. The first-order valence-corrected chi connectivity index (χ1v) is 11.2. The molecule has 5 rings (SSSR count). The van der Waals surface area contributed by atoms with E-state index in [2.05, 4.69) is 17.4 Å². The maximum atomic E-state index is 13.5. The normalized spacial score (nSPS) is 15.2. The van der Waals surface area contributed by atoms with Crippen molar-refractivity contribution >= 4 is 34.5 Å². The minimum Gasteiger partial charge on any atom is -0.326 e. The number of hydrogen-bond acceptors (Lipinski definition) is 3. The molecule has 2 amide bonds. The number of rotatable bonds is 6. The van der Waals surface area contributed by atoms with Crippen molar-refractivity contribution in [1.82, 2.24) is 9.55 Å². The van der Waals surface area contributed by atoms with Crippen molar-refractivity contribution in [3.05, 3.63) is 89.5 Å². The Morgan fingerprint density at radius 1 is 1.00 bits per heavy atom. The van der Waals surface area contributed by atoms with E-state index in [4.69, 9.17) is 4.98 Å². The first kappa shape index (κ1) is 20.9. The zero-order valence-electron chi connectivity index (χ0n) is 18.8. The summed E-state index contributed by atoms with van der Waals surface area (Å²) in [6.07, 6.45) is 0.776. The number of amides is 2. The molecule has 0 spiro atoms. The number of aryl methyl sites for hydroxylation is 2. The van der Waals surface area contributed by atoms with Gasteiger partial charge >= 0.3 is 0 Å². The van der Waals surface area contributed by atoms with E-state index in [0.717, 1.165) is 39.8 Å². The molecule has 6 heteroatoms. The first-order valence-electron chi connectivity index (χ1n) is 11.2. The van der Waals surface area contributed by atoms with Crippen molar-refractivity contribution in [3.63, 3.8) is 0 Å². The summed E-state index contributed by atoms with van der Waals surface area (Å²) in [5.74, 6) is 0.338. The van der Waals surface area contributed by atoms with Crippen molar-refractivity contribution in [2.45, 2.75) is 32.7 Å². The van der Waals surface area contributed by atoms with Gasteiger partial charge in [-0.15, -0.1) is 0 Å². The third kappa shape index (κ3) is 4.00. The lowest BCUT2D eigenvalue weighted by Crippen LogP contribution is -2.33. The van der Waals surface area contributed by atoms with Crippen LogP contribution in [0.4, 0.5) is 11.6 Å². The van der Waals surface area contributed by atoms with E-state index in [1.165, 1.54) is 0 Å². The number of hydrogen-bond donors (Lipinski definition) is 1. The standard InChI is InChI=1S/C27H26N4O2/c1-18-12-13-21(19(2)16-18)28-25(32)17-24-26(33)30(15-14-20-8-4-3-5-9-20)27-29-22-10-6-7-11-23(22)31(24)27/h3-13,16,24H,14-15,17H2,1-2H3,(H,28,32). The van der Waals surface area contributed by atoms with Crippen LogP contribution in [0, 0.1) is 13.8 Å². The fourth-order valence-electron chi connectivity index (χ4n) is 4.52. The molecule has 1 aliphatic rings. The number of nitrogens with one attached hydrogen (secondary N) is 1. The maximum Gasteiger partial charge on any atom is 0.253 e. The van der Waals surface area contributed by atoms with Gasteiger partial charge in [0, 0.05) is 12.2 Å². The van der Waals surface area contributed by atoms with Crippen LogP contribution >= 0.6 is 0 Å². The molecule has 0 radical (unpaired) electrons. The lowest BCUT2D eigenvalue weighted by Gasteiger charge is -2.16. The molecule has 0 aliphatic carbocycles. The molecule has 1 N–H and O–H groups in total. The second-order valence-corrected chi connectivity index (χ2v) is 8.58. The number of fused-ring (bicyclic) bond motifs is 3. The van der Waals surface area contributed by atoms with Gasteiger partial charge in [0.15, 0.2) is 0 Å². The van der Waals surface area contributed by atoms with Crippen LogP contribution in [-0.2, 0) is 16.0 Å². The van der Waals surface area contributed by atoms with Gasteiger partial charge in [0.25, 0.3) is 5.91 Å². The van der Waals surface area contributed by atoms with Crippen LogP contribution in [0.25, 0.3) is 11.0 Å². The van der Waals surface area contributed by atoms with Crippen molar-refractivity contribution in [3.8, 4) is 0 Å². The van der Waals surface area contributed by atoms with Crippen molar-refractivity contribution < 1.29 is 9.59 Å². The maximum absolute atomic E-state index is 13.5. The molecular formula is C27H26N4O2. The van der Waals surface area contributed by atoms with E-state index in [-0.39, 0.29) is 18.2 Å². The zero-order valence-corrected chi connectivity index (χ0v) is 18.8. The molecule has 3 aromatic carbocycles. The Balaban J connectivity index is 1.42.